The Morgan fingerprint density at radius 3 is 2.56 bits per heavy atom. The molecule has 0 aliphatic rings. The van der Waals surface area contributed by atoms with Crippen molar-refractivity contribution in [2.75, 3.05) is 0 Å². The second-order valence-electron chi connectivity index (χ2n) is 1.87. The maximum absolute atomic E-state index is 9.83. The van der Waals surface area contributed by atoms with Crippen LogP contribution in [0, 0.1) is 6.92 Å². The highest BCUT2D eigenvalue weighted by Crippen LogP contribution is 1.94. The molecule has 0 heterocycles. The van der Waals surface area contributed by atoms with Crippen LogP contribution in [0.4, 0.5) is 0 Å². The van der Waals surface area contributed by atoms with Crippen LogP contribution in [0.2, 0.25) is 0 Å². The number of nitrogens with one attached hydrogen (secondary N) is 1. The van der Waals surface area contributed by atoms with Crippen LogP contribution in [-0.4, -0.2) is 23.7 Å². The summed E-state index contributed by atoms with van der Waals surface area (Å²) in [6, 6.07) is -0.206. The Balaban J connectivity index is 3.53. The summed E-state index contributed by atoms with van der Waals surface area (Å²) in [6.07, 6.45) is 0.562. The molecule has 2 atom stereocenters. The van der Waals surface area contributed by atoms with Crippen molar-refractivity contribution in [2.24, 2.45) is 0 Å². The van der Waals surface area contributed by atoms with Gasteiger partial charge in [-0.3, -0.25) is 4.79 Å². The smallest absolute Gasteiger partial charge is 0.207 e. The number of carbonyl (C=O) groups is 1. The fraction of sp³-hybridized carbons (Fsp3) is 0.667. The number of hydrogen-bond acceptors (Lipinski definition) is 2. The third-order valence-corrected chi connectivity index (χ3v) is 1.19. The zero-order valence-electron chi connectivity index (χ0n) is 5.50. The molecule has 0 bridgehead atoms. The summed E-state index contributed by atoms with van der Waals surface area (Å²) in [5.74, 6) is 0. The molecule has 0 spiro atoms. The van der Waals surface area contributed by atoms with E-state index in [1.54, 1.807) is 0 Å². The first-order chi connectivity index (χ1) is 4.22. The molecule has 0 aromatic rings. The molecule has 0 fully saturated rings. The first kappa shape index (κ1) is 8.43. The van der Waals surface area contributed by atoms with Gasteiger partial charge in [0.05, 0.1) is 12.1 Å². The third kappa shape index (κ3) is 3.08. The van der Waals surface area contributed by atoms with Gasteiger partial charge in [0.25, 0.3) is 0 Å². The summed E-state index contributed by atoms with van der Waals surface area (Å²) in [5.41, 5.74) is 0. The van der Waals surface area contributed by atoms with Crippen molar-refractivity contribution in [3.63, 3.8) is 0 Å². The molecule has 0 aliphatic carbocycles. The molecule has 0 aromatic carbocycles. The van der Waals surface area contributed by atoms with Gasteiger partial charge in [-0.1, -0.05) is 6.92 Å². The normalized spacial score (nSPS) is 16.3. The summed E-state index contributed by atoms with van der Waals surface area (Å²) < 4.78 is 0. The van der Waals surface area contributed by atoms with Gasteiger partial charge in [0.15, 0.2) is 0 Å². The van der Waals surface area contributed by atoms with Gasteiger partial charge >= 0.3 is 0 Å². The second-order valence-corrected chi connectivity index (χ2v) is 1.87. The number of aliphatic hydroxyl groups is 1. The van der Waals surface area contributed by atoms with Crippen molar-refractivity contribution >= 4 is 6.41 Å². The minimum absolute atomic E-state index is 0.206. The van der Waals surface area contributed by atoms with Gasteiger partial charge < -0.3 is 10.4 Å². The second kappa shape index (κ2) is 4.32. The van der Waals surface area contributed by atoms with Gasteiger partial charge in [0.1, 0.15) is 0 Å². The zero-order valence-corrected chi connectivity index (χ0v) is 5.50. The molecule has 2 unspecified atom stereocenters. The van der Waals surface area contributed by atoms with E-state index in [0.717, 1.165) is 0 Å². The third-order valence-electron chi connectivity index (χ3n) is 1.19. The Hall–Kier alpha value is -0.570. The fourth-order valence-electron chi connectivity index (χ4n) is 0.588. The lowest BCUT2D eigenvalue weighted by atomic mass is 10.1. The van der Waals surface area contributed by atoms with Crippen molar-refractivity contribution in [3.8, 4) is 0 Å². The summed E-state index contributed by atoms with van der Waals surface area (Å²) in [4.78, 5) is 9.83. The van der Waals surface area contributed by atoms with Crippen LogP contribution < -0.4 is 5.32 Å². The molecule has 3 heteroatoms. The molecule has 1 amide bonds. The van der Waals surface area contributed by atoms with Crippen LogP contribution in [0.25, 0.3) is 0 Å². The van der Waals surface area contributed by atoms with Crippen LogP contribution >= 0.6 is 0 Å². The van der Waals surface area contributed by atoms with Gasteiger partial charge in [-0.2, -0.15) is 0 Å². The van der Waals surface area contributed by atoms with Gasteiger partial charge in [0, 0.05) is 0 Å². The van der Waals surface area contributed by atoms with E-state index in [1.165, 1.54) is 0 Å². The molecule has 1 radical (unpaired) electrons. The van der Waals surface area contributed by atoms with Crippen LogP contribution in [-0.2, 0) is 4.79 Å². The van der Waals surface area contributed by atoms with E-state index in [4.69, 9.17) is 5.11 Å². The monoisotopic (exact) mass is 130 g/mol. The minimum atomic E-state index is -0.708. The molecule has 0 saturated heterocycles. The predicted molar refractivity (Wildman–Crippen MR) is 34.6 cm³/mol. The largest absolute Gasteiger partial charge is 0.391 e. The van der Waals surface area contributed by atoms with Crippen LogP contribution in [0.5, 0.6) is 0 Å². The van der Waals surface area contributed by atoms with Crippen LogP contribution in [0.15, 0.2) is 0 Å². The minimum Gasteiger partial charge on any atom is -0.391 e. The van der Waals surface area contributed by atoms with Gasteiger partial charge in [-0.05, 0) is 13.3 Å². The Bertz CT molecular complexity index is 83.1. The average molecular weight is 130 g/mol. The summed E-state index contributed by atoms with van der Waals surface area (Å²) in [7, 11) is 0. The first-order valence-electron chi connectivity index (χ1n) is 2.93. The Morgan fingerprint density at radius 2 is 2.44 bits per heavy atom. The molecule has 2 N–H and O–H groups in total. The molecule has 0 saturated carbocycles. The molecule has 3 nitrogen and oxygen atoms in total. The summed E-state index contributed by atoms with van der Waals surface area (Å²) in [5, 5.41) is 11.2. The Morgan fingerprint density at radius 1 is 1.89 bits per heavy atom. The number of amides is 1. The van der Waals surface area contributed by atoms with Gasteiger partial charge in [0.2, 0.25) is 6.41 Å². The van der Waals surface area contributed by atoms with Crippen LogP contribution in [0.1, 0.15) is 13.3 Å². The number of carbonyl (C=O) groups excluding carboxylic acids is 1. The zero-order chi connectivity index (χ0) is 7.28. The molecule has 0 aliphatic heterocycles. The number of hydrogen-bond donors (Lipinski definition) is 2. The topological polar surface area (TPSA) is 49.3 Å². The fourth-order valence-corrected chi connectivity index (χ4v) is 0.588. The van der Waals surface area contributed by atoms with Crippen molar-refractivity contribution in [1.82, 2.24) is 5.32 Å². The maximum Gasteiger partial charge on any atom is 0.207 e. The lowest BCUT2D eigenvalue weighted by Gasteiger charge is -2.15. The molecule has 0 rings (SSSR count). The van der Waals surface area contributed by atoms with E-state index in [1.807, 2.05) is 6.92 Å². The molecule has 53 valence electrons. The Kier molecular flexibility index (Phi) is 4.05. The number of rotatable bonds is 4. The quantitative estimate of drug-likeness (QED) is 0.513. The standard InChI is InChI=1S/C6H12NO2/c1-3-6(5(2)9)7-4-8/h4-6,9H,2-3H2,1H3,(H,7,8). The molecule has 0 aromatic heterocycles. The van der Waals surface area contributed by atoms with Gasteiger partial charge in [-0.15, -0.1) is 0 Å². The maximum atomic E-state index is 9.83. The lowest BCUT2D eigenvalue weighted by molar-refractivity contribution is -0.110. The van der Waals surface area contributed by atoms with Gasteiger partial charge in [-0.25, -0.2) is 0 Å². The first-order valence-corrected chi connectivity index (χ1v) is 2.93. The average Bonchev–Trinajstić information content (AvgIpc) is 1.82. The van der Waals surface area contributed by atoms with Crippen molar-refractivity contribution in [1.29, 1.82) is 0 Å². The molecule has 9 heavy (non-hydrogen) atoms. The Labute approximate surface area is 55.1 Å². The highest BCUT2D eigenvalue weighted by molar-refractivity contribution is 5.46. The van der Waals surface area contributed by atoms with Crippen molar-refractivity contribution < 1.29 is 9.90 Å². The van der Waals surface area contributed by atoms with E-state index < -0.39 is 6.10 Å². The lowest BCUT2D eigenvalue weighted by Crippen LogP contribution is -2.36. The van der Waals surface area contributed by atoms with Crippen molar-refractivity contribution in [3.05, 3.63) is 6.92 Å². The van der Waals surface area contributed by atoms with Crippen LogP contribution in [0.3, 0.4) is 0 Å². The van der Waals surface area contributed by atoms with E-state index in [-0.39, 0.29) is 6.04 Å². The predicted octanol–water partition coefficient (Wildman–Crippen LogP) is -0.294. The van der Waals surface area contributed by atoms with E-state index in [0.29, 0.717) is 12.8 Å². The highest BCUT2D eigenvalue weighted by Gasteiger charge is 2.09. The summed E-state index contributed by atoms with van der Waals surface area (Å²) >= 11 is 0. The number of aliphatic hydroxyl groups excluding tert-OH is 1. The SMILES string of the molecule is [CH2]C(O)C(CC)NC=O. The highest BCUT2D eigenvalue weighted by atomic mass is 16.3. The van der Waals surface area contributed by atoms with E-state index >= 15 is 0 Å². The van der Waals surface area contributed by atoms with E-state index in [9.17, 15) is 4.79 Å². The van der Waals surface area contributed by atoms with E-state index in [2.05, 4.69) is 12.2 Å². The molecular formula is C6H12NO2. The summed E-state index contributed by atoms with van der Waals surface area (Å²) in [6.45, 7) is 5.23. The van der Waals surface area contributed by atoms with Crippen molar-refractivity contribution in [2.45, 2.75) is 25.5 Å². The molecular weight excluding hydrogens is 118 g/mol.